The maximum Gasteiger partial charge on any atom is 0.164 e. The second-order valence-corrected chi connectivity index (χ2v) is 5.09. The highest BCUT2D eigenvalue weighted by molar-refractivity contribution is 5.96. The molecule has 0 spiro atoms. The minimum Gasteiger partial charge on any atom is -0.485 e. The number of hydrogen-bond donors (Lipinski definition) is 0. The lowest BCUT2D eigenvalue weighted by Gasteiger charge is -2.11. The Bertz CT molecular complexity index is 590. The van der Waals surface area contributed by atoms with E-state index in [1.807, 2.05) is 16.8 Å². The van der Waals surface area contributed by atoms with Gasteiger partial charge in [0.2, 0.25) is 0 Å². The SMILES string of the molecule is CC(=O)c1ccccc1OCc1ncnn1CC(C)C. The third kappa shape index (κ3) is 3.44. The number of carbonyl (C=O) groups is 1. The van der Waals surface area contributed by atoms with Crippen LogP contribution in [0.4, 0.5) is 0 Å². The number of rotatable bonds is 6. The van der Waals surface area contributed by atoms with E-state index in [0.717, 1.165) is 12.4 Å². The summed E-state index contributed by atoms with van der Waals surface area (Å²) in [5.74, 6) is 1.82. The zero-order valence-electron chi connectivity index (χ0n) is 12.0. The summed E-state index contributed by atoms with van der Waals surface area (Å²) in [4.78, 5) is 15.7. The van der Waals surface area contributed by atoms with Gasteiger partial charge in [0.1, 0.15) is 18.7 Å². The molecule has 0 unspecified atom stereocenters. The lowest BCUT2D eigenvalue weighted by atomic mass is 10.1. The lowest BCUT2D eigenvalue weighted by molar-refractivity contribution is 0.101. The molecule has 0 N–H and O–H groups in total. The topological polar surface area (TPSA) is 57.0 Å². The molecule has 0 aliphatic heterocycles. The summed E-state index contributed by atoms with van der Waals surface area (Å²) in [5.41, 5.74) is 0.586. The molecule has 1 aromatic heterocycles. The number of hydrogen-bond acceptors (Lipinski definition) is 4. The predicted molar refractivity (Wildman–Crippen MR) is 75.6 cm³/mol. The minimum absolute atomic E-state index is 0.00996. The van der Waals surface area contributed by atoms with Gasteiger partial charge in [0.05, 0.1) is 5.56 Å². The Labute approximate surface area is 118 Å². The molecule has 0 amide bonds. The lowest BCUT2D eigenvalue weighted by Crippen LogP contribution is -2.12. The van der Waals surface area contributed by atoms with Gasteiger partial charge in [-0.1, -0.05) is 26.0 Å². The molecule has 0 saturated heterocycles. The Morgan fingerprint density at radius 3 is 2.80 bits per heavy atom. The Morgan fingerprint density at radius 1 is 1.35 bits per heavy atom. The van der Waals surface area contributed by atoms with Crippen LogP contribution >= 0.6 is 0 Å². The quantitative estimate of drug-likeness (QED) is 0.759. The third-order valence-electron chi connectivity index (χ3n) is 2.86. The highest BCUT2D eigenvalue weighted by Crippen LogP contribution is 2.19. The molecule has 0 aliphatic rings. The molecule has 5 heteroatoms. The number of para-hydroxylation sites is 1. The second kappa shape index (κ2) is 6.32. The van der Waals surface area contributed by atoms with Crippen LogP contribution in [-0.2, 0) is 13.2 Å². The van der Waals surface area contributed by atoms with Gasteiger partial charge < -0.3 is 4.74 Å². The molecular weight excluding hydrogens is 254 g/mol. The van der Waals surface area contributed by atoms with Gasteiger partial charge in [0, 0.05) is 6.54 Å². The zero-order chi connectivity index (χ0) is 14.5. The number of benzene rings is 1. The van der Waals surface area contributed by atoms with Crippen LogP contribution in [0, 0.1) is 5.92 Å². The largest absolute Gasteiger partial charge is 0.485 e. The van der Waals surface area contributed by atoms with Crippen LogP contribution in [0.3, 0.4) is 0 Å². The van der Waals surface area contributed by atoms with Gasteiger partial charge in [-0.05, 0) is 25.0 Å². The van der Waals surface area contributed by atoms with Crippen LogP contribution in [0.25, 0.3) is 0 Å². The first-order valence-corrected chi connectivity index (χ1v) is 6.67. The maximum atomic E-state index is 11.5. The molecular formula is C15H19N3O2. The predicted octanol–water partition coefficient (Wildman–Crippen LogP) is 2.72. The van der Waals surface area contributed by atoms with Crippen molar-refractivity contribution in [3.63, 3.8) is 0 Å². The number of aromatic nitrogens is 3. The summed E-state index contributed by atoms with van der Waals surface area (Å²) in [6, 6.07) is 7.22. The molecule has 5 nitrogen and oxygen atoms in total. The average Bonchev–Trinajstić information content (AvgIpc) is 2.83. The summed E-state index contributed by atoms with van der Waals surface area (Å²) >= 11 is 0. The fraction of sp³-hybridized carbons (Fsp3) is 0.400. The molecule has 1 heterocycles. The fourth-order valence-electron chi connectivity index (χ4n) is 1.92. The first-order chi connectivity index (χ1) is 9.58. The van der Waals surface area contributed by atoms with E-state index < -0.39 is 0 Å². The van der Waals surface area contributed by atoms with Crippen LogP contribution in [0.15, 0.2) is 30.6 Å². The summed E-state index contributed by atoms with van der Waals surface area (Å²) in [7, 11) is 0. The molecule has 1 aromatic carbocycles. The van der Waals surface area contributed by atoms with Gasteiger partial charge in [0.15, 0.2) is 11.6 Å². The van der Waals surface area contributed by atoms with Crippen molar-refractivity contribution in [3.05, 3.63) is 42.0 Å². The first-order valence-electron chi connectivity index (χ1n) is 6.67. The Kier molecular flexibility index (Phi) is 4.50. The average molecular weight is 273 g/mol. The normalized spacial score (nSPS) is 10.8. The Morgan fingerprint density at radius 2 is 2.10 bits per heavy atom. The van der Waals surface area contributed by atoms with Crippen molar-refractivity contribution in [1.29, 1.82) is 0 Å². The van der Waals surface area contributed by atoms with E-state index in [4.69, 9.17) is 4.74 Å². The first kappa shape index (κ1) is 14.2. The van der Waals surface area contributed by atoms with E-state index in [1.165, 1.54) is 13.3 Å². The van der Waals surface area contributed by atoms with Crippen LogP contribution in [0.1, 0.15) is 37.0 Å². The molecule has 0 fully saturated rings. The van der Waals surface area contributed by atoms with Crippen molar-refractivity contribution in [3.8, 4) is 5.75 Å². The van der Waals surface area contributed by atoms with Crippen LogP contribution < -0.4 is 4.74 Å². The van der Waals surface area contributed by atoms with Crippen molar-refractivity contribution in [2.24, 2.45) is 5.92 Å². The zero-order valence-corrected chi connectivity index (χ0v) is 12.0. The molecule has 0 radical (unpaired) electrons. The molecule has 0 atom stereocenters. The molecule has 106 valence electrons. The van der Waals surface area contributed by atoms with Gasteiger partial charge in [-0.25, -0.2) is 9.67 Å². The molecule has 0 bridgehead atoms. The summed E-state index contributed by atoms with van der Waals surface area (Å²) in [6.07, 6.45) is 1.53. The van der Waals surface area contributed by atoms with E-state index >= 15 is 0 Å². The van der Waals surface area contributed by atoms with Crippen molar-refractivity contribution >= 4 is 5.78 Å². The Balaban J connectivity index is 2.10. The number of Topliss-reactive ketones (excluding diaryl/α,β-unsaturated/α-hetero) is 1. The summed E-state index contributed by atoms with van der Waals surface area (Å²) in [5, 5.41) is 4.18. The monoisotopic (exact) mass is 273 g/mol. The number of ether oxygens (including phenoxy) is 1. The number of nitrogens with zero attached hydrogens (tertiary/aromatic N) is 3. The highest BCUT2D eigenvalue weighted by Gasteiger charge is 2.10. The van der Waals surface area contributed by atoms with Crippen LogP contribution in [-0.4, -0.2) is 20.5 Å². The van der Waals surface area contributed by atoms with Crippen molar-refractivity contribution in [1.82, 2.24) is 14.8 Å². The smallest absolute Gasteiger partial charge is 0.164 e. The van der Waals surface area contributed by atoms with E-state index in [9.17, 15) is 4.79 Å². The van der Waals surface area contributed by atoms with Gasteiger partial charge >= 0.3 is 0 Å². The Hall–Kier alpha value is -2.17. The van der Waals surface area contributed by atoms with Gasteiger partial charge in [0.25, 0.3) is 0 Å². The fourth-order valence-corrected chi connectivity index (χ4v) is 1.92. The van der Waals surface area contributed by atoms with Crippen LogP contribution in [0.2, 0.25) is 0 Å². The summed E-state index contributed by atoms with van der Waals surface area (Å²) < 4.78 is 7.56. The molecule has 0 aliphatic carbocycles. The second-order valence-electron chi connectivity index (χ2n) is 5.09. The number of ketones is 1. The van der Waals surface area contributed by atoms with Crippen molar-refractivity contribution in [2.45, 2.75) is 33.9 Å². The van der Waals surface area contributed by atoms with E-state index in [-0.39, 0.29) is 5.78 Å². The van der Waals surface area contributed by atoms with Crippen LogP contribution in [0.5, 0.6) is 5.75 Å². The number of carbonyl (C=O) groups excluding carboxylic acids is 1. The molecule has 2 aromatic rings. The molecule has 2 rings (SSSR count). The van der Waals surface area contributed by atoms with Gasteiger partial charge in [-0.3, -0.25) is 4.79 Å². The minimum atomic E-state index is -0.00996. The summed E-state index contributed by atoms with van der Waals surface area (Å²) in [6.45, 7) is 6.88. The molecule has 0 saturated carbocycles. The van der Waals surface area contributed by atoms with Gasteiger partial charge in [-0.15, -0.1) is 0 Å². The van der Waals surface area contributed by atoms with E-state index in [1.54, 1.807) is 12.1 Å². The standard InChI is InChI=1S/C15H19N3O2/c1-11(2)8-18-15(16-10-17-18)9-20-14-7-5-4-6-13(14)12(3)19/h4-7,10-11H,8-9H2,1-3H3. The molecule has 20 heavy (non-hydrogen) atoms. The van der Waals surface area contributed by atoms with E-state index in [0.29, 0.717) is 23.8 Å². The van der Waals surface area contributed by atoms with Crippen molar-refractivity contribution < 1.29 is 9.53 Å². The third-order valence-corrected chi connectivity index (χ3v) is 2.86. The van der Waals surface area contributed by atoms with Gasteiger partial charge in [-0.2, -0.15) is 5.10 Å². The highest BCUT2D eigenvalue weighted by atomic mass is 16.5. The van der Waals surface area contributed by atoms with E-state index in [2.05, 4.69) is 23.9 Å². The van der Waals surface area contributed by atoms with Crippen molar-refractivity contribution in [2.75, 3.05) is 0 Å². The maximum absolute atomic E-state index is 11.5.